The summed E-state index contributed by atoms with van der Waals surface area (Å²) in [5, 5.41) is 11.9. The second-order valence-corrected chi connectivity index (χ2v) is 5.02. The molecule has 96 valence electrons. The van der Waals surface area contributed by atoms with E-state index in [1.807, 2.05) is 12.1 Å². The van der Waals surface area contributed by atoms with E-state index in [0.717, 1.165) is 19.6 Å². The molecule has 0 amide bonds. The number of aliphatic hydroxyl groups is 1. The number of benzene rings is 1. The summed E-state index contributed by atoms with van der Waals surface area (Å²) in [7, 11) is 0. The van der Waals surface area contributed by atoms with Gasteiger partial charge in [0.1, 0.15) is 5.69 Å². The van der Waals surface area contributed by atoms with E-state index in [2.05, 4.69) is 15.0 Å². The van der Waals surface area contributed by atoms with Crippen molar-refractivity contribution in [3.8, 4) is 0 Å². The van der Waals surface area contributed by atoms with Gasteiger partial charge in [-0.25, -0.2) is 0 Å². The van der Waals surface area contributed by atoms with E-state index in [1.165, 1.54) is 12.1 Å². The van der Waals surface area contributed by atoms with Crippen LogP contribution >= 0.6 is 0 Å². The Labute approximate surface area is 106 Å². The van der Waals surface area contributed by atoms with Crippen LogP contribution in [0.25, 0.3) is 0 Å². The third-order valence-corrected chi connectivity index (χ3v) is 4.03. The van der Waals surface area contributed by atoms with Crippen molar-refractivity contribution in [3.63, 3.8) is 0 Å². The Bertz CT molecular complexity index is 434. The third kappa shape index (κ3) is 1.89. The zero-order valence-corrected chi connectivity index (χ0v) is 10.2. The molecule has 0 aromatic heterocycles. The number of likely N-dealkylation sites (tertiary alicyclic amines) is 1. The molecule has 5 heteroatoms. The molecule has 0 aliphatic carbocycles. The predicted molar refractivity (Wildman–Crippen MR) is 70.1 cm³/mol. The van der Waals surface area contributed by atoms with Crippen LogP contribution in [-0.4, -0.2) is 48.3 Å². The quantitative estimate of drug-likeness (QED) is 0.816. The standard InChI is InChI=1S/C13H17N3O2/c17-6-5-15-8-13-7-12(15)9-16(13)11-3-1-10(14-18)2-4-11/h1-4,12-13,17H,5-9H2. The minimum Gasteiger partial charge on any atom is -0.395 e. The van der Waals surface area contributed by atoms with Gasteiger partial charge in [-0.3, -0.25) is 4.90 Å². The lowest BCUT2D eigenvalue weighted by molar-refractivity contribution is 0.177. The average molecular weight is 247 g/mol. The fourth-order valence-corrected chi connectivity index (χ4v) is 3.17. The first-order chi connectivity index (χ1) is 8.81. The summed E-state index contributed by atoms with van der Waals surface area (Å²) in [6.07, 6.45) is 1.17. The zero-order chi connectivity index (χ0) is 12.5. The molecule has 2 fully saturated rings. The number of fused-ring (bicyclic) bond motifs is 2. The van der Waals surface area contributed by atoms with Crippen LogP contribution in [0.3, 0.4) is 0 Å². The largest absolute Gasteiger partial charge is 0.395 e. The second kappa shape index (κ2) is 4.66. The highest BCUT2D eigenvalue weighted by Crippen LogP contribution is 2.34. The molecule has 2 atom stereocenters. The van der Waals surface area contributed by atoms with Crippen LogP contribution in [0.4, 0.5) is 11.4 Å². The Balaban J connectivity index is 1.71. The van der Waals surface area contributed by atoms with Crippen LogP contribution in [0.2, 0.25) is 0 Å². The van der Waals surface area contributed by atoms with Crippen molar-refractivity contribution in [3.05, 3.63) is 29.2 Å². The molecule has 2 aliphatic heterocycles. The maximum Gasteiger partial charge on any atom is 0.108 e. The Morgan fingerprint density at radius 3 is 2.56 bits per heavy atom. The average Bonchev–Trinajstić information content (AvgIpc) is 2.99. The summed E-state index contributed by atoms with van der Waals surface area (Å²) >= 11 is 0. The predicted octanol–water partition coefficient (Wildman–Crippen LogP) is 1.34. The number of β-amino-alcohol motifs (C(OH)–C–C–N with tert-alkyl or cyclic N) is 1. The molecule has 2 unspecified atom stereocenters. The van der Waals surface area contributed by atoms with Crippen LogP contribution in [-0.2, 0) is 0 Å². The first-order valence-electron chi connectivity index (χ1n) is 6.37. The summed E-state index contributed by atoms with van der Waals surface area (Å²) in [6.45, 7) is 3.06. The molecule has 1 N–H and O–H groups in total. The number of hydrogen-bond acceptors (Lipinski definition) is 5. The molecule has 2 saturated heterocycles. The van der Waals surface area contributed by atoms with Crippen molar-refractivity contribution in [2.75, 3.05) is 31.1 Å². The molecule has 2 aliphatic rings. The lowest BCUT2D eigenvalue weighted by atomic mass is 10.2. The van der Waals surface area contributed by atoms with E-state index in [1.54, 1.807) is 12.1 Å². The minimum absolute atomic E-state index is 0.239. The van der Waals surface area contributed by atoms with E-state index in [0.29, 0.717) is 17.8 Å². The van der Waals surface area contributed by atoms with E-state index in [-0.39, 0.29) is 6.61 Å². The lowest BCUT2D eigenvalue weighted by Crippen LogP contribution is -2.47. The van der Waals surface area contributed by atoms with Gasteiger partial charge < -0.3 is 10.0 Å². The third-order valence-electron chi connectivity index (χ3n) is 4.03. The molecular weight excluding hydrogens is 230 g/mol. The Hall–Kier alpha value is -1.46. The van der Waals surface area contributed by atoms with E-state index in [9.17, 15) is 4.91 Å². The van der Waals surface area contributed by atoms with E-state index < -0.39 is 0 Å². The zero-order valence-electron chi connectivity index (χ0n) is 10.2. The van der Waals surface area contributed by atoms with Crippen molar-refractivity contribution in [1.29, 1.82) is 0 Å². The van der Waals surface area contributed by atoms with Crippen LogP contribution in [0.15, 0.2) is 29.4 Å². The van der Waals surface area contributed by atoms with E-state index >= 15 is 0 Å². The first-order valence-corrected chi connectivity index (χ1v) is 6.37. The molecule has 0 radical (unpaired) electrons. The van der Waals surface area contributed by atoms with Crippen molar-refractivity contribution in [2.24, 2.45) is 5.18 Å². The Morgan fingerprint density at radius 1 is 1.22 bits per heavy atom. The van der Waals surface area contributed by atoms with Crippen LogP contribution in [0.1, 0.15) is 6.42 Å². The minimum atomic E-state index is 0.239. The molecular formula is C13H17N3O2. The molecule has 2 bridgehead atoms. The molecule has 3 rings (SSSR count). The van der Waals surface area contributed by atoms with Gasteiger partial charge in [0.2, 0.25) is 0 Å². The van der Waals surface area contributed by atoms with Gasteiger partial charge in [0.05, 0.1) is 6.61 Å². The summed E-state index contributed by atoms with van der Waals surface area (Å²) in [6, 6.07) is 8.56. The Morgan fingerprint density at radius 2 is 2.00 bits per heavy atom. The maximum atomic E-state index is 10.4. The van der Waals surface area contributed by atoms with Crippen molar-refractivity contribution < 1.29 is 5.11 Å². The summed E-state index contributed by atoms with van der Waals surface area (Å²) in [4.78, 5) is 15.1. The number of nitrogens with zero attached hydrogens (tertiary/aromatic N) is 3. The molecule has 1 aromatic rings. The first kappa shape index (κ1) is 11.6. The lowest BCUT2D eigenvalue weighted by Gasteiger charge is -2.35. The number of aliphatic hydroxyl groups excluding tert-OH is 1. The molecule has 1 aromatic carbocycles. The van der Waals surface area contributed by atoms with Gasteiger partial charge in [-0.15, -0.1) is 4.91 Å². The van der Waals surface area contributed by atoms with Gasteiger partial charge in [0.15, 0.2) is 0 Å². The molecule has 2 heterocycles. The van der Waals surface area contributed by atoms with Crippen molar-refractivity contribution >= 4 is 11.4 Å². The highest BCUT2D eigenvalue weighted by Gasteiger charge is 2.42. The smallest absolute Gasteiger partial charge is 0.108 e. The Kier molecular flexibility index (Phi) is 3.01. The summed E-state index contributed by atoms with van der Waals surface area (Å²) < 4.78 is 0. The number of hydrogen-bond donors (Lipinski definition) is 1. The summed E-state index contributed by atoms with van der Waals surface area (Å²) in [5.74, 6) is 0. The molecule has 5 nitrogen and oxygen atoms in total. The SMILES string of the molecule is O=Nc1ccc(N2CC3CC2CN3CCO)cc1. The molecule has 18 heavy (non-hydrogen) atoms. The number of anilines is 1. The van der Waals surface area contributed by atoms with Crippen LogP contribution in [0.5, 0.6) is 0 Å². The maximum absolute atomic E-state index is 10.4. The van der Waals surface area contributed by atoms with Crippen molar-refractivity contribution in [2.45, 2.75) is 18.5 Å². The molecule has 0 spiro atoms. The summed E-state index contributed by atoms with van der Waals surface area (Å²) in [5.41, 5.74) is 1.64. The van der Waals surface area contributed by atoms with Gasteiger partial charge in [-0.05, 0) is 35.9 Å². The highest BCUT2D eigenvalue weighted by molar-refractivity contribution is 5.55. The monoisotopic (exact) mass is 247 g/mol. The fourth-order valence-electron chi connectivity index (χ4n) is 3.17. The van der Waals surface area contributed by atoms with Gasteiger partial charge in [0.25, 0.3) is 0 Å². The number of nitroso groups, excluding NO2 is 1. The topological polar surface area (TPSA) is 56.1 Å². The number of piperazine rings is 1. The van der Waals surface area contributed by atoms with Crippen LogP contribution in [0, 0.1) is 4.91 Å². The highest BCUT2D eigenvalue weighted by atomic mass is 16.3. The normalized spacial score (nSPS) is 26.8. The molecule has 0 saturated carbocycles. The second-order valence-electron chi connectivity index (χ2n) is 5.02. The van der Waals surface area contributed by atoms with Gasteiger partial charge in [0, 0.05) is 37.4 Å². The van der Waals surface area contributed by atoms with Gasteiger partial charge in [-0.2, -0.15) is 0 Å². The van der Waals surface area contributed by atoms with E-state index in [4.69, 9.17) is 5.11 Å². The van der Waals surface area contributed by atoms with Crippen LogP contribution < -0.4 is 4.90 Å². The van der Waals surface area contributed by atoms with Gasteiger partial charge in [-0.1, -0.05) is 0 Å². The number of rotatable bonds is 4. The van der Waals surface area contributed by atoms with Crippen molar-refractivity contribution in [1.82, 2.24) is 4.90 Å². The fraction of sp³-hybridized carbons (Fsp3) is 0.538. The van der Waals surface area contributed by atoms with Gasteiger partial charge >= 0.3 is 0 Å².